The third kappa shape index (κ3) is 6.22. The molecule has 0 bridgehead atoms. The van der Waals surface area contributed by atoms with Gasteiger partial charge in [-0.25, -0.2) is 8.42 Å². The number of nitrogens with one attached hydrogen (secondary N) is 1. The van der Waals surface area contributed by atoms with Gasteiger partial charge < -0.3 is 14.8 Å². The Morgan fingerprint density at radius 2 is 1.51 bits per heavy atom. The minimum absolute atomic E-state index is 0.0477. The van der Waals surface area contributed by atoms with E-state index in [4.69, 9.17) is 21.1 Å². The molecule has 0 aliphatic heterocycles. The van der Waals surface area contributed by atoms with Crippen LogP contribution < -0.4 is 19.1 Å². The fourth-order valence-electron chi connectivity index (χ4n) is 3.89. The van der Waals surface area contributed by atoms with Crippen LogP contribution >= 0.6 is 11.6 Å². The molecule has 0 saturated carbocycles. The van der Waals surface area contributed by atoms with Crippen LogP contribution in [-0.2, 0) is 14.8 Å². The quantitative estimate of drug-likeness (QED) is 0.258. The summed E-state index contributed by atoms with van der Waals surface area (Å²) in [6.45, 7) is -0.601. The lowest BCUT2D eigenvalue weighted by molar-refractivity contribution is -0.114. The van der Waals surface area contributed by atoms with E-state index in [9.17, 15) is 18.0 Å². The van der Waals surface area contributed by atoms with Gasteiger partial charge in [0.05, 0.1) is 30.5 Å². The smallest absolute Gasteiger partial charge is 0.264 e. The highest BCUT2D eigenvalue weighted by Gasteiger charge is 2.30. The summed E-state index contributed by atoms with van der Waals surface area (Å²) in [5.41, 5.74) is 0.944. The number of sulfonamides is 1. The van der Waals surface area contributed by atoms with Crippen molar-refractivity contribution in [1.29, 1.82) is 0 Å². The molecule has 0 atom stereocenters. The molecule has 200 valence electrons. The topological polar surface area (TPSA) is 102 Å². The van der Waals surface area contributed by atoms with E-state index in [2.05, 4.69) is 5.32 Å². The molecule has 0 aliphatic carbocycles. The number of anilines is 2. The molecule has 1 N–H and O–H groups in total. The van der Waals surface area contributed by atoms with E-state index >= 15 is 0 Å². The van der Waals surface area contributed by atoms with Crippen LogP contribution in [0.2, 0.25) is 5.02 Å². The number of rotatable bonds is 10. The second kappa shape index (κ2) is 12.0. The van der Waals surface area contributed by atoms with E-state index in [0.29, 0.717) is 16.3 Å². The number of ketones is 1. The predicted octanol–water partition coefficient (Wildman–Crippen LogP) is 5.42. The normalized spacial score (nSPS) is 10.9. The molecule has 4 aromatic carbocycles. The van der Waals surface area contributed by atoms with Gasteiger partial charge in [0.25, 0.3) is 10.0 Å². The average Bonchev–Trinajstić information content (AvgIpc) is 2.96. The Morgan fingerprint density at radius 1 is 0.846 bits per heavy atom. The Kier molecular flexibility index (Phi) is 8.53. The molecule has 0 heterocycles. The van der Waals surface area contributed by atoms with Crippen molar-refractivity contribution < 1.29 is 27.5 Å². The monoisotopic (exact) mass is 564 g/mol. The van der Waals surface area contributed by atoms with Crippen LogP contribution in [0.3, 0.4) is 0 Å². The molecule has 10 heteroatoms. The standard InChI is InChI=1S/C29H25ClN2O6S/c1-37-22-13-15-23(16-14-22)39(35,36)32(26-10-6-7-11-27(26)38-2)19-28(33)31-25-17-12-21(30)18-24(25)29(34)20-8-4-3-5-9-20/h3-18H,19H2,1-2H3,(H,31,33). The number of benzene rings is 4. The number of hydrogen-bond donors (Lipinski definition) is 1. The maximum atomic E-state index is 13.8. The van der Waals surface area contributed by atoms with E-state index < -0.39 is 22.5 Å². The number of carbonyl (C=O) groups is 2. The van der Waals surface area contributed by atoms with Crippen LogP contribution in [0.1, 0.15) is 15.9 Å². The molecule has 0 unspecified atom stereocenters. The first-order chi connectivity index (χ1) is 18.7. The van der Waals surface area contributed by atoms with E-state index in [0.717, 1.165) is 4.31 Å². The molecule has 0 fully saturated rings. The van der Waals surface area contributed by atoms with Gasteiger partial charge in [-0.1, -0.05) is 54.1 Å². The van der Waals surface area contributed by atoms with Gasteiger partial charge in [0, 0.05) is 16.1 Å². The van der Waals surface area contributed by atoms with Gasteiger partial charge in [0.15, 0.2) is 5.78 Å². The van der Waals surface area contributed by atoms with Crippen molar-refractivity contribution in [1.82, 2.24) is 0 Å². The van der Waals surface area contributed by atoms with Crippen LogP contribution in [0.25, 0.3) is 0 Å². The molecule has 39 heavy (non-hydrogen) atoms. The van der Waals surface area contributed by atoms with Crippen LogP contribution in [0, 0.1) is 0 Å². The maximum Gasteiger partial charge on any atom is 0.264 e. The number of nitrogens with zero attached hydrogens (tertiary/aromatic N) is 1. The molecule has 4 rings (SSSR count). The number of carbonyl (C=O) groups excluding carboxylic acids is 2. The number of para-hydroxylation sites is 2. The van der Waals surface area contributed by atoms with Gasteiger partial charge in [-0.3, -0.25) is 13.9 Å². The van der Waals surface area contributed by atoms with Crippen molar-refractivity contribution in [3.05, 3.63) is 113 Å². The molecule has 1 amide bonds. The molecular formula is C29H25ClN2O6S. The first kappa shape index (κ1) is 27.7. The number of amides is 1. The third-order valence-corrected chi connectivity index (χ3v) is 7.83. The van der Waals surface area contributed by atoms with Crippen LogP contribution in [0.5, 0.6) is 11.5 Å². The zero-order valence-electron chi connectivity index (χ0n) is 21.1. The Morgan fingerprint density at radius 3 is 2.18 bits per heavy atom. The minimum Gasteiger partial charge on any atom is -0.497 e. The van der Waals surface area contributed by atoms with Gasteiger partial charge in [-0.15, -0.1) is 0 Å². The van der Waals surface area contributed by atoms with Crippen LogP contribution in [-0.4, -0.2) is 40.9 Å². The zero-order valence-corrected chi connectivity index (χ0v) is 22.7. The second-order valence-electron chi connectivity index (χ2n) is 8.29. The van der Waals surface area contributed by atoms with E-state index in [1.54, 1.807) is 54.6 Å². The number of ether oxygens (including phenoxy) is 2. The highest BCUT2D eigenvalue weighted by Crippen LogP contribution is 2.33. The first-order valence-corrected chi connectivity index (χ1v) is 13.6. The number of methoxy groups -OCH3 is 2. The predicted molar refractivity (Wildman–Crippen MR) is 150 cm³/mol. The SMILES string of the molecule is COc1ccc(S(=O)(=O)N(CC(=O)Nc2ccc(Cl)cc2C(=O)c2ccccc2)c2ccccc2OC)cc1. The van der Waals surface area contributed by atoms with Crippen molar-refractivity contribution in [3.8, 4) is 11.5 Å². The summed E-state index contributed by atoms with van der Waals surface area (Å²) in [6.07, 6.45) is 0. The Balaban J connectivity index is 1.70. The Labute approximate surface area is 231 Å². The van der Waals surface area contributed by atoms with Gasteiger partial charge in [-0.2, -0.15) is 0 Å². The van der Waals surface area contributed by atoms with Gasteiger partial charge in [0.1, 0.15) is 18.0 Å². The Hall–Kier alpha value is -4.34. The lowest BCUT2D eigenvalue weighted by Crippen LogP contribution is -2.38. The van der Waals surface area contributed by atoms with Crippen molar-refractivity contribution in [2.75, 3.05) is 30.4 Å². The van der Waals surface area contributed by atoms with Crippen LogP contribution in [0.4, 0.5) is 11.4 Å². The van der Waals surface area contributed by atoms with Crippen molar-refractivity contribution in [2.24, 2.45) is 0 Å². The molecule has 0 aliphatic rings. The summed E-state index contributed by atoms with van der Waals surface area (Å²) >= 11 is 6.16. The summed E-state index contributed by atoms with van der Waals surface area (Å²) in [6, 6.07) is 25.3. The molecule has 4 aromatic rings. The lowest BCUT2D eigenvalue weighted by atomic mass is 10.0. The fraction of sp³-hybridized carbons (Fsp3) is 0.103. The summed E-state index contributed by atoms with van der Waals surface area (Å²) in [5.74, 6) is -0.286. The van der Waals surface area contributed by atoms with Gasteiger partial charge in [-0.05, 0) is 54.6 Å². The van der Waals surface area contributed by atoms with Crippen molar-refractivity contribution in [3.63, 3.8) is 0 Å². The summed E-state index contributed by atoms with van der Waals surface area (Å²) in [7, 11) is -1.34. The molecule has 8 nitrogen and oxygen atoms in total. The van der Waals surface area contributed by atoms with Crippen molar-refractivity contribution in [2.45, 2.75) is 4.90 Å². The number of halogens is 1. The third-order valence-electron chi connectivity index (χ3n) is 5.82. The highest BCUT2D eigenvalue weighted by atomic mass is 35.5. The molecule has 0 saturated heterocycles. The van der Waals surface area contributed by atoms with Gasteiger partial charge >= 0.3 is 0 Å². The molecular weight excluding hydrogens is 540 g/mol. The van der Waals surface area contributed by atoms with E-state index in [1.807, 2.05) is 0 Å². The minimum atomic E-state index is -4.23. The van der Waals surface area contributed by atoms with Crippen LogP contribution in [0.15, 0.2) is 102 Å². The molecule has 0 spiro atoms. The van der Waals surface area contributed by atoms with E-state index in [1.165, 1.54) is 56.7 Å². The lowest BCUT2D eigenvalue weighted by Gasteiger charge is -2.26. The fourth-order valence-corrected chi connectivity index (χ4v) is 5.49. The molecule has 0 aromatic heterocycles. The van der Waals surface area contributed by atoms with Crippen molar-refractivity contribution >= 4 is 44.7 Å². The number of hydrogen-bond acceptors (Lipinski definition) is 6. The Bertz CT molecular complexity index is 1590. The summed E-state index contributed by atoms with van der Waals surface area (Å²) in [4.78, 5) is 26.5. The summed E-state index contributed by atoms with van der Waals surface area (Å²) in [5, 5.41) is 2.99. The first-order valence-electron chi connectivity index (χ1n) is 11.7. The van der Waals surface area contributed by atoms with Gasteiger partial charge in [0.2, 0.25) is 5.91 Å². The zero-order chi connectivity index (χ0) is 28.0. The molecule has 0 radical (unpaired) electrons. The second-order valence-corrected chi connectivity index (χ2v) is 10.6. The van der Waals surface area contributed by atoms with E-state index in [-0.39, 0.29) is 33.4 Å². The highest BCUT2D eigenvalue weighted by molar-refractivity contribution is 7.92. The summed E-state index contributed by atoms with van der Waals surface area (Å²) < 4.78 is 39.0. The average molecular weight is 565 g/mol. The largest absolute Gasteiger partial charge is 0.497 e. The maximum absolute atomic E-state index is 13.8.